The van der Waals surface area contributed by atoms with Gasteiger partial charge >= 0.3 is 17.9 Å². The van der Waals surface area contributed by atoms with Crippen molar-refractivity contribution in [3.05, 3.63) is 97.2 Å². The summed E-state index contributed by atoms with van der Waals surface area (Å²) in [5.74, 6) is -0.895. The molecule has 1 atom stereocenters. The minimum atomic E-state index is -0.791. The summed E-state index contributed by atoms with van der Waals surface area (Å²) in [5, 5.41) is 0. The Morgan fingerprint density at radius 1 is 0.256 bits per heavy atom. The Bertz CT molecular complexity index is 1590. The predicted molar refractivity (Wildman–Crippen MR) is 357 cm³/mol. The lowest BCUT2D eigenvalue weighted by Gasteiger charge is -2.18. The van der Waals surface area contributed by atoms with E-state index in [1.54, 1.807) is 0 Å². The Balaban J connectivity index is 4.28. The number of esters is 3. The van der Waals surface area contributed by atoms with Gasteiger partial charge in [0.2, 0.25) is 0 Å². The SMILES string of the molecule is CC/C=C\C/C=C\C/C=C\C/C=C\C/C=C\C/C=C\CCCCCCCCC(=O)OC(COC(=O)CCCCCCC/C=C\CCCCC)COC(=O)CCCCCCCCCCCCCCCCC/C=C\CCCCCCCCCC. The largest absolute Gasteiger partial charge is 0.462 e. The van der Waals surface area contributed by atoms with Gasteiger partial charge in [-0.25, -0.2) is 0 Å². The van der Waals surface area contributed by atoms with Crippen molar-refractivity contribution < 1.29 is 28.6 Å². The molecule has 0 heterocycles. The second kappa shape index (κ2) is 69.8. The molecule has 0 aromatic heterocycles. The molecule has 0 radical (unpaired) electrons. The molecule has 0 bridgehead atoms. The molecule has 0 aliphatic carbocycles. The summed E-state index contributed by atoms with van der Waals surface area (Å²) in [7, 11) is 0. The van der Waals surface area contributed by atoms with Gasteiger partial charge in [0.25, 0.3) is 0 Å². The Labute approximate surface area is 508 Å². The third-order valence-corrected chi connectivity index (χ3v) is 15.3. The van der Waals surface area contributed by atoms with Gasteiger partial charge in [-0.05, 0) is 122 Å². The van der Waals surface area contributed by atoms with Gasteiger partial charge in [-0.2, -0.15) is 0 Å². The van der Waals surface area contributed by atoms with E-state index >= 15 is 0 Å². The zero-order valence-electron chi connectivity index (χ0n) is 54.2. The summed E-state index contributed by atoms with van der Waals surface area (Å²) in [6.07, 6.45) is 94.4. The van der Waals surface area contributed by atoms with Crippen LogP contribution in [0, 0.1) is 0 Å². The number of carbonyl (C=O) groups excluding carboxylic acids is 3. The molecule has 0 aliphatic rings. The average molecular weight is 1140 g/mol. The highest BCUT2D eigenvalue weighted by atomic mass is 16.6. The van der Waals surface area contributed by atoms with Gasteiger partial charge in [-0.3, -0.25) is 14.4 Å². The van der Waals surface area contributed by atoms with E-state index in [1.165, 1.54) is 193 Å². The number of hydrogen-bond acceptors (Lipinski definition) is 6. The van der Waals surface area contributed by atoms with Gasteiger partial charge in [-0.1, -0.05) is 304 Å². The summed E-state index contributed by atoms with van der Waals surface area (Å²) in [6, 6.07) is 0. The fraction of sp³-hybridized carbons (Fsp3) is 0.750. The van der Waals surface area contributed by atoms with Crippen LogP contribution in [0.25, 0.3) is 0 Å². The van der Waals surface area contributed by atoms with E-state index in [4.69, 9.17) is 14.2 Å². The van der Waals surface area contributed by atoms with Crippen molar-refractivity contribution in [3.8, 4) is 0 Å². The van der Waals surface area contributed by atoms with Crippen molar-refractivity contribution in [3.63, 3.8) is 0 Å². The minimum Gasteiger partial charge on any atom is -0.462 e. The van der Waals surface area contributed by atoms with Crippen LogP contribution < -0.4 is 0 Å². The molecule has 6 nitrogen and oxygen atoms in total. The molecule has 0 saturated carbocycles. The second-order valence-electron chi connectivity index (χ2n) is 23.4. The molecule has 0 aromatic carbocycles. The van der Waals surface area contributed by atoms with Crippen LogP contribution in [0.1, 0.15) is 348 Å². The smallest absolute Gasteiger partial charge is 0.306 e. The Morgan fingerprint density at radius 3 is 0.780 bits per heavy atom. The third-order valence-electron chi connectivity index (χ3n) is 15.3. The molecule has 0 N–H and O–H groups in total. The van der Waals surface area contributed by atoms with Gasteiger partial charge in [0.1, 0.15) is 13.2 Å². The van der Waals surface area contributed by atoms with Crippen LogP contribution >= 0.6 is 0 Å². The van der Waals surface area contributed by atoms with Gasteiger partial charge in [0.15, 0.2) is 6.10 Å². The third kappa shape index (κ3) is 67.1. The number of hydrogen-bond donors (Lipinski definition) is 0. The van der Waals surface area contributed by atoms with Crippen LogP contribution in [0.5, 0.6) is 0 Å². The lowest BCUT2D eigenvalue weighted by Crippen LogP contribution is -2.30. The van der Waals surface area contributed by atoms with E-state index in [0.29, 0.717) is 19.3 Å². The van der Waals surface area contributed by atoms with E-state index < -0.39 is 6.10 Å². The van der Waals surface area contributed by atoms with Crippen LogP contribution in [0.3, 0.4) is 0 Å². The fourth-order valence-corrected chi connectivity index (χ4v) is 10.0. The van der Waals surface area contributed by atoms with Crippen LogP contribution in [-0.4, -0.2) is 37.2 Å². The van der Waals surface area contributed by atoms with Gasteiger partial charge in [0.05, 0.1) is 0 Å². The number of carbonyl (C=O) groups is 3. The molecule has 0 fully saturated rings. The highest BCUT2D eigenvalue weighted by Crippen LogP contribution is 2.17. The Kier molecular flexibility index (Phi) is 66.7. The maximum atomic E-state index is 12.9. The maximum absolute atomic E-state index is 12.9. The van der Waals surface area contributed by atoms with Crippen molar-refractivity contribution in [2.75, 3.05) is 13.2 Å². The molecule has 0 saturated heterocycles. The van der Waals surface area contributed by atoms with Gasteiger partial charge in [-0.15, -0.1) is 0 Å². The van der Waals surface area contributed by atoms with Crippen LogP contribution in [-0.2, 0) is 28.6 Å². The monoisotopic (exact) mass is 1140 g/mol. The molecule has 0 amide bonds. The van der Waals surface area contributed by atoms with Crippen molar-refractivity contribution >= 4 is 17.9 Å². The zero-order valence-corrected chi connectivity index (χ0v) is 54.2. The quantitative estimate of drug-likeness (QED) is 0.0261. The molecule has 0 aliphatic heterocycles. The number of unbranched alkanes of at least 4 members (excludes halogenated alkanes) is 37. The summed E-state index contributed by atoms with van der Waals surface area (Å²) in [4.78, 5) is 38.4. The highest BCUT2D eigenvalue weighted by molar-refractivity contribution is 5.71. The van der Waals surface area contributed by atoms with Crippen LogP contribution in [0.2, 0.25) is 0 Å². The van der Waals surface area contributed by atoms with Gasteiger partial charge < -0.3 is 14.2 Å². The van der Waals surface area contributed by atoms with Gasteiger partial charge in [0, 0.05) is 19.3 Å². The normalized spacial score (nSPS) is 12.7. The van der Waals surface area contributed by atoms with Crippen molar-refractivity contribution in [1.82, 2.24) is 0 Å². The first-order chi connectivity index (χ1) is 40.5. The topological polar surface area (TPSA) is 78.9 Å². The van der Waals surface area contributed by atoms with E-state index in [1.807, 2.05) is 0 Å². The molecule has 1 unspecified atom stereocenters. The van der Waals surface area contributed by atoms with E-state index in [0.717, 1.165) is 116 Å². The standard InChI is InChI=1S/C76H132O6/c1-4-7-10-13-16-19-22-25-27-29-31-33-35-37-38-40-41-43-45-47-49-51-54-57-60-63-66-69-75(78)81-72-73(71-80-74(77)68-65-62-59-56-53-24-21-18-15-12-9-6-3)82-76(79)70-67-64-61-58-55-52-50-48-46-44-42-39-36-34-32-30-28-26-23-20-17-14-11-8-5-2/h8,11,17-18,20-21,26,28-29,31-32,34,39,42,46,48,73H,4-7,9-10,12-16,19,22-25,27,30,33,35-38,40-41,43-45,47,49-72H2,1-3H3/b11-8-,20-17-,21-18-,28-26-,31-29-,34-32-,42-39-,48-46-. The molecule has 82 heavy (non-hydrogen) atoms. The van der Waals surface area contributed by atoms with Crippen LogP contribution in [0.15, 0.2) is 97.2 Å². The number of rotatable bonds is 64. The lowest BCUT2D eigenvalue weighted by atomic mass is 10.0. The average Bonchev–Trinajstić information content (AvgIpc) is 3.47. The molecule has 0 rings (SSSR count). The van der Waals surface area contributed by atoms with E-state index in [9.17, 15) is 14.4 Å². The van der Waals surface area contributed by atoms with Crippen molar-refractivity contribution in [1.29, 1.82) is 0 Å². The first-order valence-corrected chi connectivity index (χ1v) is 35.2. The highest BCUT2D eigenvalue weighted by Gasteiger charge is 2.19. The van der Waals surface area contributed by atoms with E-state index in [-0.39, 0.29) is 31.1 Å². The molecule has 0 spiro atoms. The molecular weight excluding hydrogens is 1010 g/mol. The lowest BCUT2D eigenvalue weighted by molar-refractivity contribution is -0.167. The van der Waals surface area contributed by atoms with Crippen molar-refractivity contribution in [2.24, 2.45) is 0 Å². The predicted octanol–water partition coefficient (Wildman–Crippen LogP) is 24.4. The number of ether oxygens (including phenoxy) is 3. The molecule has 0 aromatic rings. The summed E-state index contributed by atoms with van der Waals surface area (Å²) in [6.45, 7) is 6.52. The minimum absolute atomic E-state index is 0.0843. The number of allylic oxidation sites excluding steroid dienone is 16. The van der Waals surface area contributed by atoms with Crippen molar-refractivity contribution in [2.45, 2.75) is 354 Å². The van der Waals surface area contributed by atoms with E-state index in [2.05, 4.69) is 118 Å². The van der Waals surface area contributed by atoms with Crippen LogP contribution in [0.4, 0.5) is 0 Å². The maximum Gasteiger partial charge on any atom is 0.306 e. The molecular formula is C76H132O6. The summed E-state index contributed by atoms with van der Waals surface area (Å²) < 4.78 is 17.0. The second-order valence-corrected chi connectivity index (χ2v) is 23.4. The Morgan fingerprint density at radius 2 is 0.476 bits per heavy atom. The Hall–Kier alpha value is -3.67. The summed E-state index contributed by atoms with van der Waals surface area (Å²) >= 11 is 0. The first kappa shape index (κ1) is 78.3. The molecule has 472 valence electrons. The fourth-order valence-electron chi connectivity index (χ4n) is 10.0. The summed E-state index contributed by atoms with van der Waals surface area (Å²) in [5.41, 5.74) is 0. The first-order valence-electron chi connectivity index (χ1n) is 35.2. The zero-order chi connectivity index (χ0) is 59.2. The molecule has 6 heteroatoms.